The lowest BCUT2D eigenvalue weighted by molar-refractivity contribution is 0.161. The summed E-state index contributed by atoms with van der Waals surface area (Å²) in [5.41, 5.74) is 0. The van der Waals surface area contributed by atoms with Gasteiger partial charge in [-0.15, -0.1) is 11.6 Å². The van der Waals surface area contributed by atoms with Crippen molar-refractivity contribution in [3.05, 3.63) is 0 Å². The molecule has 0 aromatic heterocycles. The normalized spacial score (nSPS) is 20.0. The molecule has 1 fully saturated rings. The van der Waals surface area contributed by atoms with Gasteiger partial charge in [-0.1, -0.05) is 0 Å². The Bertz CT molecular complexity index is 316. The number of nitrogens with zero attached hydrogens (tertiary/aromatic N) is 2. The molecule has 0 atom stereocenters. The quantitative estimate of drug-likeness (QED) is 0.695. The number of rotatable bonds is 6. The summed E-state index contributed by atoms with van der Waals surface area (Å²) in [5.74, 6) is 0.0395. The van der Waals surface area contributed by atoms with Crippen molar-refractivity contribution in [2.45, 2.75) is 18.9 Å². The molecule has 1 aliphatic heterocycles. The van der Waals surface area contributed by atoms with Crippen molar-refractivity contribution in [3.63, 3.8) is 0 Å². The molecule has 17 heavy (non-hydrogen) atoms. The standard InChI is InChI=1S/C10H21ClN2O3S/c1-12-5-2-10(3-6-12)13(7-8-14)17(15,16)9-4-11/h10,14H,2-9H2,1H3. The molecule has 7 heteroatoms. The van der Waals surface area contributed by atoms with Crippen molar-refractivity contribution in [1.29, 1.82) is 0 Å². The average Bonchev–Trinajstić information content (AvgIpc) is 2.27. The van der Waals surface area contributed by atoms with E-state index in [-0.39, 0.29) is 30.8 Å². The van der Waals surface area contributed by atoms with Gasteiger partial charge in [0.2, 0.25) is 10.0 Å². The Labute approximate surface area is 108 Å². The van der Waals surface area contributed by atoms with Gasteiger partial charge in [0.25, 0.3) is 0 Å². The van der Waals surface area contributed by atoms with Gasteiger partial charge in [0.15, 0.2) is 0 Å². The maximum atomic E-state index is 12.0. The van der Waals surface area contributed by atoms with Crippen LogP contribution in [0, 0.1) is 0 Å². The molecule has 1 heterocycles. The molecule has 1 aliphatic rings. The van der Waals surface area contributed by atoms with Gasteiger partial charge in [-0.3, -0.25) is 0 Å². The molecular formula is C10H21ClN2O3S. The molecule has 5 nitrogen and oxygen atoms in total. The largest absolute Gasteiger partial charge is 0.395 e. The van der Waals surface area contributed by atoms with E-state index in [4.69, 9.17) is 16.7 Å². The van der Waals surface area contributed by atoms with Crippen LogP contribution in [0.25, 0.3) is 0 Å². The topological polar surface area (TPSA) is 60.9 Å². The fourth-order valence-corrected chi connectivity index (χ4v) is 4.18. The molecule has 0 aromatic rings. The smallest absolute Gasteiger partial charge is 0.215 e. The fourth-order valence-electron chi connectivity index (χ4n) is 2.15. The average molecular weight is 285 g/mol. The molecule has 1 N–H and O–H groups in total. The third-order valence-corrected chi connectivity index (χ3v) is 5.44. The number of likely N-dealkylation sites (tertiary alicyclic amines) is 1. The zero-order valence-corrected chi connectivity index (χ0v) is 11.8. The van der Waals surface area contributed by atoms with E-state index >= 15 is 0 Å². The Balaban J connectivity index is 2.71. The van der Waals surface area contributed by atoms with E-state index in [9.17, 15) is 8.42 Å². The number of aliphatic hydroxyl groups is 1. The zero-order valence-electron chi connectivity index (χ0n) is 10.2. The van der Waals surface area contributed by atoms with Crippen LogP contribution >= 0.6 is 11.6 Å². The first-order chi connectivity index (χ1) is 8.01. The fraction of sp³-hybridized carbons (Fsp3) is 1.00. The Morgan fingerprint density at radius 2 is 2.00 bits per heavy atom. The van der Waals surface area contributed by atoms with Crippen LogP contribution in [0.1, 0.15) is 12.8 Å². The van der Waals surface area contributed by atoms with Crippen molar-refractivity contribution in [3.8, 4) is 0 Å². The van der Waals surface area contributed by atoms with Gasteiger partial charge in [0.05, 0.1) is 12.4 Å². The molecule has 0 spiro atoms. The summed E-state index contributed by atoms with van der Waals surface area (Å²) in [4.78, 5) is 2.18. The van der Waals surface area contributed by atoms with E-state index in [0.29, 0.717) is 0 Å². The van der Waals surface area contributed by atoms with E-state index in [2.05, 4.69) is 4.90 Å². The molecule has 0 saturated carbocycles. The predicted octanol–water partition coefficient (Wildman–Crippen LogP) is -0.0565. The molecular weight excluding hydrogens is 264 g/mol. The maximum Gasteiger partial charge on any atom is 0.215 e. The third kappa shape index (κ3) is 4.37. The van der Waals surface area contributed by atoms with Crippen molar-refractivity contribution < 1.29 is 13.5 Å². The third-order valence-electron chi connectivity index (χ3n) is 3.11. The highest BCUT2D eigenvalue weighted by Gasteiger charge is 2.30. The molecule has 0 radical (unpaired) electrons. The van der Waals surface area contributed by atoms with Crippen molar-refractivity contribution in [2.24, 2.45) is 0 Å². The van der Waals surface area contributed by atoms with Crippen LogP contribution < -0.4 is 0 Å². The van der Waals surface area contributed by atoms with Crippen LogP contribution in [0.3, 0.4) is 0 Å². The Morgan fingerprint density at radius 3 is 2.47 bits per heavy atom. The summed E-state index contributed by atoms with van der Waals surface area (Å²) < 4.78 is 25.5. The first-order valence-electron chi connectivity index (χ1n) is 5.86. The molecule has 1 rings (SSSR count). The van der Waals surface area contributed by atoms with Crippen LogP contribution in [0.4, 0.5) is 0 Å². The Kier molecular flexibility index (Phi) is 6.16. The van der Waals surface area contributed by atoms with Gasteiger partial charge >= 0.3 is 0 Å². The summed E-state index contributed by atoms with van der Waals surface area (Å²) in [6, 6.07) is 0.00608. The van der Waals surface area contributed by atoms with E-state index in [1.165, 1.54) is 4.31 Å². The van der Waals surface area contributed by atoms with Gasteiger partial charge in [-0.05, 0) is 33.0 Å². The number of sulfonamides is 1. The maximum absolute atomic E-state index is 12.0. The lowest BCUT2D eigenvalue weighted by atomic mass is 10.1. The number of hydrogen-bond donors (Lipinski definition) is 1. The molecule has 0 amide bonds. The zero-order chi connectivity index (χ0) is 12.9. The minimum atomic E-state index is -3.33. The number of alkyl halides is 1. The van der Waals surface area contributed by atoms with Crippen LogP contribution in [0.15, 0.2) is 0 Å². The Morgan fingerprint density at radius 1 is 1.41 bits per heavy atom. The highest BCUT2D eigenvalue weighted by molar-refractivity contribution is 7.89. The van der Waals surface area contributed by atoms with Crippen molar-refractivity contribution in [2.75, 3.05) is 44.9 Å². The monoisotopic (exact) mass is 284 g/mol. The summed E-state index contributed by atoms with van der Waals surface area (Å²) in [7, 11) is -1.30. The lowest BCUT2D eigenvalue weighted by Gasteiger charge is -2.36. The predicted molar refractivity (Wildman–Crippen MR) is 68.8 cm³/mol. The molecule has 1 saturated heterocycles. The second-order valence-corrected chi connectivity index (χ2v) is 6.79. The minimum Gasteiger partial charge on any atom is -0.395 e. The minimum absolute atomic E-state index is 0.00608. The highest BCUT2D eigenvalue weighted by atomic mass is 35.5. The highest BCUT2D eigenvalue weighted by Crippen LogP contribution is 2.19. The van der Waals surface area contributed by atoms with Crippen LogP contribution in [-0.4, -0.2) is 73.7 Å². The van der Waals surface area contributed by atoms with E-state index < -0.39 is 10.0 Å². The molecule has 0 aromatic carbocycles. The van der Waals surface area contributed by atoms with E-state index in [1.807, 2.05) is 7.05 Å². The van der Waals surface area contributed by atoms with E-state index in [1.54, 1.807) is 0 Å². The molecule has 102 valence electrons. The van der Waals surface area contributed by atoms with Gasteiger partial charge in [0.1, 0.15) is 0 Å². The van der Waals surface area contributed by atoms with Crippen LogP contribution in [0.2, 0.25) is 0 Å². The van der Waals surface area contributed by atoms with Gasteiger partial charge < -0.3 is 10.0 Å². The SMILES string of the molecule is CN1CCC(N(CCO)S(=O)(=O)CCCl)CC1. The first kappa shape index (κ1) is 15.2. The summed E-state index contributed by atoms with van der Waals surface area (Å²) in [6.07, 6.45) is 1.63. The molecule has 0 aliphatic carbocycles. The van der Waals surface area contributed by atoms with Crippen LogP contribution in [0.5, 0.6) is 0 Å². The van der Waals surface area contributed by atoms with E-state index in [0.717, 1.165) is 25.9 Å². The Hall–Kier alpha value is 0.120. The lowest BCUT2D eigenvalue weighted by Crippen LogP contribution is -2.48. The second kappa shape index (κ2) is 6.89. The second-order valence-electron chi connectivity index (χ2n) is 4.37. The number of aliphatic hydroxyl groups excluding tert-OH is 1. The van der Waals surface area contributed by atoms with Gasteiger partial charge in [0, 0.05) is 18.5 Å². The summed E-state index contributed by atoms with van der Waals surface area (Å²) in [5, 5.41) is 9.00. The van der Waals surface area contributed by atoms with Crippen molar-refractivity contribution >= 4 is 21.6 Å². The summed E-state index contributed by atoms with van der Waals surface area (Å²) >= 11 is 5.52. The van der Waals surface area contributed by atoms with Gasteiger partial charge in [-0.25, -0.2) is 8.42 Å². The number of halogens is 1. The van der Waals surface area contributed by atoms with Crippen LogP contribution in [-0.2, 0) is 10.0 Å². The van der Waals surface area contributed by atoms with Gasteiger partial charge in [-0.2, -0.15) is 4.31 Å². The number of piperidine rings is 1. The summed E-state index contributed by atoms with van der Waals surface area (Å²) in [6.45, 7) is 1.81. The first-order valence-corrected chi connectivity index (χ1v) is 8.00. The number of hydrogen-bond acceptors (Lipinski definition) is 4. The van der Waals surface area contributed by atoms with Crippen molar-refractivity contribution in [1.82, 2.24) is 9.21 Å². The molecule has 0 unspecified atom stereocenters. The molecule has 0 bridgehead atoms.